The number of hydrogen-bond acceptors (Lipinski definition) is 7. The predicted molar refractivity (Wildman–Crippen MR) is 109 cm³/mol. The number of aliphatic hydroxyl groups excluding tert-OH is 1. The zero-order valence-electron chi connectivity index (χ0n) is 15.7. The first kappa shape index (κ1) is 19.0. The molecule has 0 saturated carbocycles. The molecular weight excluding hydrogens is 372 g/mol. The maximum Gasteiger partial charge on any atom is 0.270 e. The molecule has 0 radical (unpaired) electrons. The molecule has 1 aliphatic heterocycles. The normalized spacial score (nSPS) is 14.0. The Morgan fingerprint density at radius 2 is 1.79 bits per heavy atom. The maximum absolute atomic E-state index is 11.2. The second-order valence-electron chi connectivity index (χ2n) is 6.70. The highest BCUT2D eigenvalue weighted by Gasteiger charge is 2.17. The molecule has 1 fully saturated rings. The number of ether oxygens (including phenoxy) is 1. The third-order valence-corrected chi connectivity index (χ3v) is 4.77. The number of nitro benzene ring substituents is 1. The van der Waals surface area contributed by atoms with Gasteiger partial charge in [-0.05, 0) is 11.6 Å². The second-order valence-corrected chi connectivity index (χ2v) is 6.70. The molecule has 29 heavy (non-hydrogen) atoms. The molecule has 3 aromatic rings. The Bertz CT molecular complexity index is 1030. The van der Waals surface area contributed by atoms with E-state index in [4.69, 9.17) is 9.72 Å². The molecule has 1 aliphatic rings. The molecule has 8 heteroatoms. The van der Waals surface area contributed by atoms with Gasteiger partial charge in [0.1, 0.15) is 5.82 Å². The third kappa shape index (κ3) is 4.23. The summed E-state index contributed by atoms with van der Waals surface area (Å²) in [7, 11) is 0. The molecule has 2 aromatic carbocycles. The molecule has 0 unspecified atom stereocenters. The van der Waals surface area contributed by atoms with E-state index in [9.17, 15) is 15.2 Å². The van der Waals surface area contributed by atoms with Crippen LogP contribution in [0.5, 0.6) is 0 Å². The van der Waals surface area contributed by atoms with Crippen LogP contribution in [0.3, 0.4) is 0 Å². The van der Waals surface area contributed by atoms with E-state index in [1.54, 1.807) is 12.1 Å². The van der Waals surface area contributed by atoms with Crippen molar-refractivity contribution in [3.05, 3.63) is 70.3 Å². The number of hydrogen-bond donors (Lipinski definition) is 1. The highest BCUT2D eigenvalue weighted by atomic mass is 16.6. The van der Waals surface area contributed by atoms with Crippen LogP contribution in [0.15, 0.2) is 54.6 Å². The predicted octanol–water partition coefficient (Wildman–Crippen LogP) is 3.05. The molecule has 1 saturated heterocycles. The summed E-state index contributed by atoms with van der Waals surface area (Å²) in [6, 6.07) is 15.7. The molecule has 0 bridgehead atoms. The van der Waals surface area contributed by atoms with Gasteiger partial charge in [-0.1, -0.05) is 30.3 Å². The van der Waals surface area contributed by atoms with E-state index in [1.807, 2.05) is 30.3 Å². The van der Waals surface area contributed by atoms with Crippen molar-refractivity contribution in [3.8, 4) is 22.6 Å². The van der Waals surface area contributed by atoms with Crippen LogP contribution < -0.4 is 4.90 Å². The summed E-state index contributed by atoms with van der Waals surface area (Å²) in [5.74, 6) is 1.25. The fraction of sp³-hybridized carbons (Fsp3) is 0.238. The molecule has 0 amide bonds. The van der Waals surface area contributed by atoms with Crippen molar-refractivity contribution < 1.29 is 14.8 Å². The Morgan fingerprint density at radius 1 is 1.03 bits per heavy atom. The van der Waals surface area contributed by atoms with Gasteiger partial charge >= 0.3 is 0 Å². The monoisotopic (exact) mass is 392 g/mol. The lowest BCUT2D eigenvalue weighted by atomic mass is 10.1. The second kappa shape index (κ2) is 8.34. The number of anilines is 1. The van der Waals surface area contributed by atoms with Gasteiger partial charge in [-0.3, -0.25) is 10.1 Å². The van der Waals surface area contributed by atoms with Crippen molar-refractivity contribution in [2.75, 3.05) is 31.2 Å². The lowest BCUT2D eigenvalue weighted by Gasteiger charge is -2.28. The van der Waals surface area contributed by atoms with Crippen LogP contribution in [0.4, 0.5) is 11.5 Å². The Morgan fingerprint density at radius 3 is 2.55 bits per heavy atom. The van der Waals surface area contributed by atoms with E-state index in [-0.39, 0.29) is 12.3 Å². The van der Waals surface area contributed by atoms with Gasteiger partial charge in [0, 0.05) is 42.4 Å². The van der Waals surface area contributed by atoms with Gasteiger partial charge in [0.05, 0.1) is 30.4 Å². The van der Waals surface area contributed by atoms with Gasteiger partial charge in [-0.25, -0.2) is 9.97 Å². The summed E-state index contributed by atoms with van der Waals surface area (Å²) in [5.41, 5.74) is 2.81. The minimum absolute atomic E-state index is 0.0119. The molecule has 1 aromatic heterocycles. The maximum atomic E-state index is 11.2. The van der Waals surface area contributed by atoms with Crippen molar-refractivity contribution in [2.24, 2.45) is 0 Å². The van der Waals surface area contributed by atoms with Crippen molar-refractivity contribution in [1.29, 1.82) is 0 Å². The summed E-state index contributed by atoms with van der Waals surface area (Å²) in [5, 5.41) is 20.6. The van der Waals surface area contributed by atoms with Crippen LogP contribution in [0.25, 0.3) is 22.6 Å². The van der Waals surface area contributed by atoms with Crippen molar-refractivity contribution in [3.63, 3.8) is 0 Å². The number of non-ortho nitro benzene ring substituents is 1. The van der Waals surface area contributed by atoms with E-state index >= 15 is 0 Å². The molecule has 148 valence electrons. The number of nitrogens with zero attached hydrogens (tertiary/aromatic N) is 4. The summed E-state index contributed by atoms with van der Waals surface area (Å²) < 4.78 is 5.44. The lowest BCUT2D eigenvalue weighted by Crippen LogP contribution is -2.36. The quantitative estimate of drug-likeness (QED) is 0.526. The first-order chi connectivity index (χ1) is 14.1. The van der Waals surface area contributed by atoms with Crippen LogP contribution in [0.1, 0.15) is 5.56 Å². The van der Waals surface area contributed by atoms with Crippen LogP contribution in [0, 0.1) is 10.1 Å². The summed E-state index contributed by atoms with van der Waals surface area (Å²) in [4.78, 5) is 22.3. The topological polar surface area (TPSA) is 102 Å². The summed E-state index contributed by atoms with van der Waals surface area (Å²) in [6.45, 7) is 2.58. The number of morpholine rings is 1. The fourth-order valence-electron chi connectivity index (χ4n) is 3.25. The van der Waals surface area contributed by atoms with Crippen molar-refractivity contribution in [2.45, 2.75) is 6.61 Å². The zero-order valence-corrected chi connectivity index (χ0v) is 15.7. The van der Waals surface area contributed by atoms with E-state index in [1.165, 1.54) is 12.1 Å². The van der Waals surface area contributed by atoms with Gasteiger partial charge in [0.2, 0.25) is 0 Å². The number of benzene rings is 2. The number of aromatic nitrogens is 2. The molecule has 0 aliphatic carbocycles. The first-order valence-corrected chi connectivity index (χ1v) is 9.31. The standard InChI is InChI=1S/C21H20N4O4/c26-14-15-3-1-5-17(11-15)21-22-19(16-4-2-6-18(12-16)25(27)28)13-20(23-21)24-7-9-29-10-8-24/h1-6,11-13,26H,7-10,14H2. The Kier molecular flexibility index (Phi) is 5.46. The van der Waals surface area contributed by atoms with Crippen molar-refractivity contribution >= 4 is 11.5 Å². The Balaban J connectivity index is 1.83. The highest BCUT2D eigenvalue weighted by molar-refractivity contribution is 5.69. The minimum atomic E-state index is -0.417. The molecular formula is C21H20N4O4. The molecule has 0 spiro atoms. The average Bonchev–Trinajstić information content (AvgIpc) is 2.79. The van der Waals surface area contributed by atoms with Gasteiger partial charge in [0.15, 0.2) is 5.82 Å². The fourth-order valence-corrected chi connectivity index (χ4v) is 3.25. The van der Waals surface area contributed by atoms with Crippen LogP contribution in [-0.4, -0.2) is 46.3 Å². The molecule has 4 rings (SSSR count). The smallest absolute Gasteiger partial charge is 0.270 e. The average molecular weight is 392 g/mol. The molecule has 2 heterocycles. The van der Waals surface area contributed by atoms with Gasteiger partial charge in [-0.15, -0.1) is 0 Å². The van der Waals surface area contributed by atoms with Crippen LogP contribution in [-0.2, 0) is 11.3 Å². The van der Waals surface area contributed by atoms with E-state index in [2.05, 4.69) is 9.88 Å². The van der Waals surface area contributed by atoms with Gasteiger partial charge < -0.3 is 14.7 Å². The number of rotatable bonds is 5. The SMILES string of the molecule is O=[N+]([O-])c1cccc(-c2cc(N3CCOCC3)nc(-c3cccc(CO)c3)n2)c1. The lowest BCUT2D eigenvalue weighted by molar-refractivity contribution is -0.384. The van der Waals surface area contributed by atoms with Gasteiger partial charge in [0.25, 0.3) is 5.69 Å². The summed E-state index contributed by atoms with van der Waals surface area (Å²) >= 11 is 0. The summed E-state index contributed by atoms with van der Waals surface area (Å²) in [6.07, 6.45) is 0. The van der Waals surface area contributed by atoms with Crippen LogP contribution >= 0.6 is 0 Å². The van der Waals surface area contributed by atoms with Crippen LogP contribution in [0.2, 0.25) is 0 Å². The Hall–Kier alpha value is -3.36. The number of nitro groups is 1. The van der Waals surface area contributed by atoms with E-state index in [0.717, 1.165) is 16.9 Å². The molecule has 0 atom stereocenters. The highest BCUT2D eigenvalue weighted by Crippen LogP contribution is 2.29. The van der Waals surface area contributed by atoms with E-state index < -0.39 is 4.92 Å². The third-order valence-electron chi connectivity index (χ3n) is 4.77. The van der Waals surface area contributed by atoms with Crippen molar-refractivity contribution in [1.82, 2.24) is 9.97 Å². The molecule has 1 N–H and O–H groups in total. The molecule has 8 nitrogen and oxygen atoms in total. The van der Waals surface area contributed by atoms with Gasteiger partial charge in [-0.2, -0.15) is 0 Å². The minimum Gasteiger partial charge on any atom is -0.392 e. The Labute approximate surface area is 167 Å². The zero-order chi connectivity index (χ0) is 20.2. The number of aliphatic hydroxyl groups is 1. The first-order valence-electron chi connectivity index (χ1n) is 9.31. The van der Waals surface area contributed by atoms with E-state index in [0.29, 0.717) is 43.4 Å². The largest absolute Gasteiger partial charge is 0.392 e.